The van der Waals surface area contributed by atoms with Gasteiger partial charge in [-0.15, -0.1) is 0 Å². The molecule has 2 aliphatic heterocycles. The van der Waals surface area contributed by atoms with E-state index in [2.05, 4.69) is 22.0 Å². The first kappa shape index (κ1) is 22.4. The highest BCUT2D eigenvalue weighted by molar-refractivity contribution is 6.31. The summed E-state index contributed by atoms with van der Waals surface area (Å²) in [6.07, 6.45) is 7.08. The number of piperidine rings is 1. The largest absolute Gasteiger partial charge is 0.438 e. The van der Waals surface area contributed by atoms with E-state index in [0.717, 1.165) is 61.3 Å². The van der Waals surface area contributed by atoms with Gasteiger partial charge < -0.3 is 14.7 Å². The number of rotatable bonds is 4. The quantitative estimate of drug-likeness (QED) is 0.463. The number of nitrogens with zero attached hydrogens (tertiary/aromatic N) is 2. The lowest BCUT2D eigenvalue weighted by Crippen LogP contribution is -2.42. The summed E-state index contributed by atoms with van der Waals surface area (Å²) in [5.41, 5.74) is 3.37. The second-order valence-electron chi connectivity index (χ2n) is 8.75. The van der Waals surface area contributed by atoms with Gasteiger partial charge in [0.25, 0.3) is 0 Å². The number of allylic oxidation sites excluding steroid dienone is 1. The average Bonchev–Trinajstić information content (AvgIpc) is 2.98. The lowest BCUT2D eigenvalue weighted by atomic mass is 9.84. The normalized spacial score (nSPS) is 18.8. The molecule has 0 unspecified atom stereocenters. The first-order valence-corrected chi connectivity index (χ1v) is 12.1. The van der Waals surface area contributed by atoms with Crippen LogP contribution in [0.1, 0.15) is 36.0 Å². The SMILES string of the molecule is OC1(c2ccc(Cl)cc2)CCN(CCC=C2Cc3c(Cl)cccc3Oc3ncccc32)CC1. The number of hydrogen-bond donors (Lipinski definition) is 1. The number of aliphatic hydroxyl groups is 1. The Morgan fingerprint density at radius 2 is 1.82 bits per heavy atom. The minimum Gasteiger partial charge on any atom is -0.438 e. The Morgan fingerprint density at radius 1 is 1.03 bits per heavy atom. The number of ether oxygens (including phenoxy) is 1. The summed E-state index contributed by atoms with van der Waals surface area (Å²) in [5.74, 6) is 1.39. The Morgan fingerprint density at radius 3 is 2.61 bits per heavy atom. The number of likely N-dealkylation sites (tertiary alicyclic amines) is 1. The van der Waals surface area contributed by atoms with E-state index in [9.17, 15) is 5.11 Å². The van der Waals surface area contributed by atoms with Gasteiger partial charge in [0, 0.05) is 53.4 Å². The van der Waals surface area contributed by atoms with Gasteiger partial charge in [0.05, 0.1) is 5.60 Å². The maximum Gasteiger partial charge on any atom is 0.226 e. The van der Waals surface area contributed by atoms with Gasteiger partial charge in [-0.2, -0.15) is 0 Å². The summed E-state index contributed by atoms with van der Waals surface area (Å²) in [6, 6.07) is 17.3. The lowest BCUT2D eigenvalue weighted by molar-refractivity contribution is -0.0254. The molecule has 0 atom stereocenters. The van der Waals surface area contributed by atoms with E-state index >= 15 is 0 Å². The molecule has 2 aromatic carbocycles. The molecule has 0 bridgehead atoms. The third-order valence-electron chi connectivity index (χ3n) is 6.67. The zero-order valence-electron chi connectivity index (χ0n) is 18.3. The molecule has 3 heterocycles. The Kier molecular flexibility index (Phi) is 6.44. The maximum absolute atomic E-state index is 11.1. The first-order valence-electron chi connectivity index (χ1n) is 11.3. The first-order chi connectivity index (χ1) is 16.0. The van der Waals surface area contributed by atoms with Crippen molar-refractivity contribution >= 4 is 28.8 Å². The highest BCUT2D eigenvalue weighted by atomic mass is 35.5. The molecule has 6 heteroatoms. The number of benzene rings is 2. The standard InChI is InChI=1S/C27H26Cl2N2O2/c28-21-10-8-20(9-11-21)27(32)12-16-31(17-13-27)15-3-4-19-18-23-24(29)6-1-7-25(23)33-26-22(19)5-2-14-30-26/h1-2,4-11,14,32H,3,12-13,15-18H2. The fourth-order valence-electron chi connectivity index (χ4n) is 4.71. The van der Waals surface area contributed by atoms with Gasteiger partial charge in [0.1, 0.15) is 5.75 Å². The van der Waals surface area contributed by atoms with Crippen molar-refractivity contribution in [3.8, 4) is 11.6 Å². The highest BCUT2D eigenvalue weighted by Crippen LogP contribution is 2.40. The van der Waals surface area contributed by atoms with Gasteiger partial charge in [0.15, 0.2) is 0 Å². The molecule has 0 radical (unpaired) electrons. The van der Waals surface area contributed by atoms with Gasteiger partial charge in [-0.1, -0.05) is 47.5 Å². The average molecular weight is 481 g/mol. The van der Waals surface area contributed by atoms with Crippen molar-refractivity contribution in [3.05, 3.63) is 93.6 Å². The van der Waals surface area contributed by atoms with Crippen molar-refractivity contribution in [3.63, 3.8) is 0 Å². The molecule has 2 aliphatic rings. The van der Waals surface area contributed by atoms with Crippen molar-refractivity contribution in [1.82, 2.24) is 9.88 Å². The topological polar surface area (TPSA) is 45.6 Å². The van der Waals surface area contributed by atoms with Crippen molar-refractivity contribution < 1.29 is 9.84 Å². The predicted molar refractivity (Wildman–Crippen MR) is 133 cm³/mol. The second-order valence-corrected chi connectivity index (χ2v) is 9.59. The van der Waals surface area contributed by atoms with Gasteiger partial charge >= 0.3 is 0 Å². The van der Waals surface area contributed by atoms with Gasteiger partial charge in [-0.3, -0.25) is 0 Å². The lowest BCUT2D eigenvalue weighted by Gasteiger charge is -2.38. The molecule has 170 valence electrons. The molecule has 3 aromatic rings. The molecule has 4 nitrogen and oxygen atoms in total. The smallest absolute Gasteiger partial charge is 0.226 e. The van der Waals surface area contributed by atoms with Crippen LogP contribution in [0, 0.1) is 0 Å². The van der Waals surface area contributed by atoms with E-state index in [1.165, 1.54) is 5.57 Å². The molecule has 0 saturated carbocycles. The van der Waals surface area contributed by atoms with Crippen LogP contribution in [0.2, 0.25) is 10.0 Å². The molecule has 0 aliphatic carbocycles. The van der Waals surface area contributed by atoms with Crippen LogP contribution in [0.5, 0.6) is 11.6 Å². The Hall–Kier alpha value is -2.37. The van der Waals surface area contributed by atoms with Gasteiger partial charge in [0.2, 0.25) is 5.88 Å². The third kappa shape index (κ3) is 4.80. The van der Waals surface area contributed by atoms with Crippen LogP contribution in [0.4, 0.5) is 0 Å². The van der Waals surface area contributed by atoms with E-state index in [0.29, 0.717) is 22.3 Å². The van der Waals surface area contributed by atoms with Crippen LogP contribution < -0.4 is 4.74 Å². The number of halogens is 2. The second kappa shape index (κ2) is 9.47. The van der Waals surface area contributed by atoms with E-state index in [-0.39, 0.29) is 0 Å². The zero-order valence-corrected chi connectivity index (χ0v) is 19.8. The summed E-state index contributed by atoms with van der Waals surface area (Å²) >= 11 is 12.5. The Bertz CT molecular complexity index is 1170. The van der Waals surface area contributed by atoms with Gasteiger partial charge in [-0.05, 0) is 66.8 Å². The molecule has 0 spiro atoms. The third-order valence-corrected chi connectivity index (χ3v) is 7.27. The molecule has 0 amide bonds. The Balaban J connectivity index is 1.27. The molecule has 1 aromatic heterocycles. The van der Waals surface area contributed by atoms with E-state index in [4.69, 9.17) is 27.9 Å². The van der Waals surface area contributed by atoms with Crippen LogP contribution in [0.15, 0.2) is 66.9 Å². The molecule has 5 rings (SSSR count). The Labute approximate surface area is 204 Å². The van der Waals surface area contributed by atoms with Crippen LogP contribution in [0.25, 0.3) is 5.57 Å². The minimum absolute atomic E-state index is 0.621. The van der Waals surface area contributed by atoms with Crippen molar-refractivity contribution in [2.24, 2.45) is 0 Å². The summed E-state index contributed by atoms with van der Waals surface area (Å²) in [7, 11) is 0. The minimum atomic E-state index is -0.775. The maximum atomic E-state index is 11.1. The molecule has 33 heavy (non-hydrogen) atoms. The van der Waals surface area contributed by atoms with Crippen molar-refractivity contribution in [2.45, 2.75) is 31.3 Å². The molecule has 1 N–H and O–H groups in total. The summed E-state index contributed by atoms with van der Waals surface area (Å²) in [6.45, 7) is 2.66. The molecule has 1 fully saturated rings. The van der Waals surface area contributed by atoms with Crippen molar-refractivity contribution in [1.29, 1.82) is 0 Å². The van der Waals surface area contributed by atoms with E-state index < -0.39 is 5.60 Å². The van der Waals surface area contributed by atoms with Crippen LogP contribution in [-0.4, -0.2) is 34.6 Å². The monoisotopic (exact) mass is 480 g/mol. The number of fused-ring (bicyclic) bond motifs is 2. The van der Waals surface area contributed by atoms with E-state index in [1.807, 2.05) is 48.5 Å². The van der Waals surface area contributed by atoms with Crippen LogP contribution >= 0.6 is 23.2 Å². The molecular formula is C27H26Cl2N2O2. The summed E-state index contributed by atoms with van der Waals surface area (Å²) in [4.78, 5) is 6.87. The molecular weight excluding hydrogens is 455 g/mol. The predicted octanol–water partition coefficient (Wildman–Crippen LogP) is 6.49. The van der Waals surface area contributed by atoms with Gasteiger partial charge in [-0.25, -0.2) is 4.98 Å². The molecule has 1 saturated heterocycles. The number of aromatic nitrogens is 1. The fourth-order valence-corrected chi connectivity index (χ4v) is 5.07. The fraction of sp³-hybridized carbons (Fsp3) is 0.296. The van der Waals surface area contributed by atoms with E-state index in [1.54, 1.807) is 6.20 Å². The number of pyridine rings is 1. The summed E-state index contributed by atoms with van der Waals surface area (Å²) in [5, 5.41) is 12.5. The van der Waals surface area contributed by atoms with Crippen LogP contribution in [-0.2, 0) is 12.0 Å². The van der Waals surface area contributed by atoms with Crippen molar-refractivity contribution in [2.75, 3.05) is 19.6 Å². The number of hydrogen-bond acceptors (Lipinski definition) is 4. The summed E-state index contributed by atoms with van der Waals surface area (Å²) < 4.78 is 6.10. The highest BCUT2D eigenvalue weighted by Gasteiger charge is 2.33. The van der Waals surface area contributed by atoms with Crippen LogP contribution in [0.3, 0.4) is 0 Å². The zero-order chi connectivity index (χ0) is 22.8.